The van der Waals surface area contributed by atoms with Crippen molar-refractivity contribution in [1.29, 1.82) is 0 Å². The van der Waals surface area contributed by atoms with Crippen LogP contribution in [0.4, 0.5) is 4.79 Å². The highest BCUT2D eigenvalue weighted by Gasteiger charge is 2.37. The quantitative estimate of drug-likeness (QED) is 0.747. The summed E-state index contributed by atoms with van der Waals surface area (Å²) in [6.07, 6.45) is 0. The van der Waals surface area contributed by atoms with Crippen molar-refractivity contribution in [2.24, 2.45) is 5.92 Å². The summed E-state index contributed by atoms with van der Waals surface area (Å²) in [6.45, 7) is 5.94. The van der Waals surface area contributed by atoms with E-state index in [-0.39, 0.29) is 17.9 Å². The van der Waals surface area contributed by atoms with E-state index >= 15 is 0 Å². The van der Waals surface area contributed by atoms with Crippen LogP contribution in [0.1, 0.15) is 29.9 Å². The normalized spacial score (nSPS) is 19.0. The van der Waals surface area contributed by atoms with E-state index in [1.807, 2.05) is 47.4 Å². The first-order chi connectivity index (χ1) is 13.6. The van der Waals surface area contributed by atoms with Crippen LogP contribution < -0.4 is 5.32 Å². The summed E-state index contributed by atoms with van der Waals surface area (Å²) in [5.74, 6) is 1.49. The number of amides is 2. The number of nitrogens with one attached hydrogen (secondary N) is 1. The molecule has 6 nitrogen and oxygen atoms in total. The lowest BCUT2D eigenvalue weighted by atomic mass is 9.98. The van der Waals surface area contributed by atoms with E-state index in [0.717, 1.165) is 11.1 Å². The molecule has 2 aromatic carbocycles. The third-order valence-corrected chi connectivity index (χ3v) is 5.25. The van der Waals surface area contributed by atoms with Crippen molar-refractivity contribution in [1.82, 2.24) is 20.4 Å². The maximum atomic E-state index is 12.6. The molecular weight excluding hydrogens is 352 g/mol. The number of urea groups is 1. The minimum atomic E-state index is -0.0577. The molecule has 1 N–H and O–H groups in total. The Bertz CT molecular complexity index is 937. The predicted molar refractivity (Wildman–Crippen MR) is 107 cm³/mol. The monoisotopic (exact) mass is 376 g/mol. The van der Waals surface area contributed by atoms with Crippen LogP contribution in [0.15, 0.2) is 59.1 Å². The molecule has 0 aliphatic carbocycles. The van der Waals surface area contributed by atoms with Gasteiger partial charge in [-0.3, -0.25) is 0 Å². The maximum Gasteiger partial charge on any atom is 0.317 e. The van der Waals surface area contributed by atoms with Gasteiger partial charge in [0.05, 0.1) is 5.92 Å². The molecule has 0 saturated carbocycles. The number of carbonyl (C=O) groups is 1. The molecule has 1 fully saturated rings. The molecule has 3 aromatic rings. The van der Waals surface area contributed by atoms with Crippen LogP contribution in [-0.4, -0.2) is 34.2 Å². The summed E-state index contributed by atoms with van der Waals surface area (Å²) in [6, 6.07) is 17.9. The van der Waals surface area contributed by atoms with Crippen molar-refractivity contribution in [2.75, 3.05) is 13.1 Å². The van der Waals surface area contributed by atoms with Crippen molar-refractivity contribution in [3.05, 3.63) is 71.6 Å². The number of hydrogen-bond acceptors (Lipinski definition) is 4. The van der Waals surface area contributed by atoms with Crippen LogP contribution in [-0.2, 0) is 6.54 Å². The highest BCUT2D eigenvalue weighted by molar-refractivity contribution is 5.74. The van der Waals surface area contributed by atoms with Crippen molar-refractivity contribution in [3.63, 3.8) is 0 Å². The molecular formula is C22H24N4O2. The zero-order chi connectivity index (χ0) is 19.5. The lowest BCUT2D eigenvalue weighted by Gasteiger charge is -2.17. The van der Waals surface area contributed by atoms with Crippen molar-refractivity contribution >= 4 is 6.03 Å². The molecule has 2 unspecified atom stereocenters. The highest BCUT2D eigenvalue weighted by Crippen LogP contribution is 2.32. The molecule has 4 rings (SSSR count). The van der Waals surface area contributed by atoms with Crippen molar-refractivity contribution < 1.29 is 9.32 Å². The van der Waals surface area contributed by atoms with Crippen LogP contribution in [0.2, 0.25) is 0 Å². The lowest BCUT2D eigenvalue weighted by Crippen LogP contribution is -2.38. The van der Waals surface area contributed by atoms with Crippen molar-refractivity contribution in [3.8, 4) is 11.4 Å². The van der Waals surface area contributed by atoms with Gasteiger partial charge >= 0.3 is 6.03 Å². The lowest BCUT2D eigenvalue weighted by molar-refractivity contribution is 0.206. The number of nitrogens with zero attached hydrogens (tertiary/aromatic N) is 3. The van der Waals surface area contributed by atoms with Gasteiger partial charge in [0, 0.05) is 25.2 Å². The summed E-state index contributed by atoms with van der Waals surface area (Å²) in [5, 5.41) is 7.12. The second-order valence-electron chi connectivity index (χ2n) is 7.46. The Morgan fingerprint density at radius 1 is 1.14 bits per heavy atom. The molecule has 1 aromatic heterocycles. The first-order valence-electron chi connectivity index (χ1n) is 9.57. The molecule has 2 amide bonds. The fraction of sp³-hybridized carbons (Fsp3) is 0.318. The summed E-state index contributed by atoms with van der Waals surface area (Å²) < 4.78 is 5.52. The topological polar surface area (TPSA) is 71.3 Å². The zero-order valence-corrected chi connectivity index (χ0v) is 16.1. The standard InChI is InChI=1S/C22H24N4O2/c1-15-8-10-17(11-9-15)12-23-22(27)26-13-16(2)19(14-26)21-24-20(25-28-21)18-6-4-3-5-7-18/h3-11,16,19H,12-14H2,1-2H3,(H,23,27). The van der Waals surface area contributed by atoms with Gasteiger partial charge in [-0.2, -0.15) is 4.98 Å². The Morgan fingerprint density at radius 2 is 1.89 bits per heavy atom. The smallest absolute Gasteiger partial charge is 0.317 e. The third-order valence-electron chi connectivity index (χ3n) is 5.25. The average molecular weight is 376 g/mol. The molecule has 2 atom stereocenters. The Kier molecular flexibility index (Phi) is 5.10. The first kappa shape index (κ1) is 18.2. The van der Waals surface area contributed by atoms with Gasteiger partial charge in [-0.25, -0.2) is 4.79 Å². The Balaban J connectivity index is 1.38. The summed E-state index contributed by atoms with van der Waals surface area (Å²) >= 11 is 0. The predicted octanol–water partition coefficient (Wildman–Crippen LogP) is 3.99. The molecule has 0 radical (unpaired) electrons. The van der Waals surface area contributed by atoms with E-state index in [0.29, 0.717) is 31.3 Å². The molecule has 28 heavy (non-hydrogen) atoms. The van der Waals surface area contributed by atoms with E-state index in [1.165, 1.54) is 5.56 Å². The van der Waals surface area contributed by atoms with Crippen LogP contribution in [0, 0.1) is 12.8 Å². The highest BCUT2D eigenvalue weighted by atomic mass is 16.5. The summed E-state index contributed by atoms with van der Waals surface area (Å²) in [7, 11) is 0. The van der Waals surface area contributed by atoms with Crippen LogP contribution in [0.5, 0.6) is 0 Å². The number of rotatable bonds is 4. The number of benzene rings is 2. The molecule has 2 heterocycles. The van der Waals surface area contributed by atoms with E-state index in [1.54, 1.807) is 0 Å². The Hall–Kier alpha value is -3.15. The third kappa shape index (κ3) is 3.91. The van der Waals surface area contributed by atoms with Gasteiger partial charge in [0.25, 0.3) is 0 Å². The van der Waals surface area contributed by atoms with Gasteiger partial charge in [-0.1, -0.05) is 72.2 Å². The van der Waals surface area contributed by atoms with Gasteiger partial charge in [-0.15, -0.1) is 0 Å². The molecule has 1 saturated heterocycles. The largest absolute Gasteiger partial charge is 0.339 e. The SMILES string of the molecule is Cc1ccc(CNC(=O)N2CC(C)C(c3nc(-c4ccccc4)no3)C2)cc1. The van der Waals surface area contributed by atoms with Gasteiger partial charge in [0.1, 0.15) is 0 Å². The molecule has 144 valence electrons. The van der Waals surface area contributed by atoms with E-state index in [9.17, 15) is 4.79 Å². The van der Waals surface area contributed by atoms with Crippen LogP contribution in [0.25, 0.3) is 11.4 Å². The van der Waals surface area contributed by atoms with Crippen LogP contribution in [0.3, 0.4) is 0 Å². The number of likely N-dealkylation sites (tertiary alicyclic amines) is 1. The molecule has 1 aliphatic heterocycles. The van der Waals surface area contributed by atoms with Crippen molar-refractivity contribution in [2.45, 2.75) is 26.3 Å². The number of aromatic nitrogens is 2. The fourth-order valence-corrected chi connectivity index (χ4v) is 3.54. The van der Waals surface area contributed by atoms with Gasteiger partial charge in [-0.05, 0) is 18.4 Å². The summed E-state index contributed by atoms with van der Waals surface area (Å²) in [4.78, 5) is 19.0. The molecule has 0 bridgehead atoms. The Labute approximate surface area is 164 Å². The zero-order valence-electron chi connectivity index (χ0n) is 16.1. The van der Waals surface area contributed by atoms with Gasteiger partial charge in [0.2, 0.25) is 11.7 Å². The summed E-state index contributed by atoms with van der Waals surface area (Å²) in [5.41, 5.74) is 3.23. The van der Waals surface area contributed by atoms with E-state index in [2.05, 4.69) is 41.4 Å². The van der Waals surface area contributed by atoms with Gasteiger partial charge < -0.3 is 14.7 Å². The molecule has 0 spiro atoms. The Morgan fingerprint density at radius 3 is 2.64 bits per heavy atom. The number of carbonyl (C=O) groups excluding carboxylic acids is 1. The number of hydrogen-bond donors (Lipinski definition) is 1. The second-order valence-corrected chi connectivity index (χ2v) is 7.46. The second kappa shape index (κ2) is 7.84. The van der Waals surface area contributed by atoms with E-state index < -0.39 is 0 Å². The minimum Gasteiger partial charge on any atom is -0.339 e. The van der Waals surface area contributed by atoms with Gasteiger partial charge in [0.15, 0.2) is 0 Å². The first-order valence-corrected chi connectivity index (χ1v) is 9.57. The fourth-order valence-electron chi connectivity index (χ4n) is 3.54. The number of aryl methyl sites for hydroxylation is 1. The van der Waals surface area contributed by atoms with Crippen LogP contribution >= 0.6 is 0 Å². The molecule has 6 heteroatoms. The maximum absolute atomic E-state index is 12.6. The van der Waals surface area contributed by atoms with E-state index in [4.69, 9.17) is 4.52 Å². The molecule has 1 aliphatic rings. The average Bonchev–Trinajstić information content (AvgIpc) is 3.35. The minimum absolute atomic E-state index is 0.0510.